The Morgan fingerprint density at radius 2 is 0.812 bits per heavy atom. The predicted molar refractivity (Wildman–Crippen MR) is 425 cm³/mol. The van der Waals surface area contributed by atoms with E-state index in [1.54, 1.807) is 0 Å². The first-order chi connectivity index (χ1) is 53.2. The normalized spacial score (nSPS) is 14.7. The van der Waals surface area contributed by atoms with Gasteiger partial charge in [0.25, 0.3) is 0 Å². The van der Waals surface area contributed by atoms with Crippen molar-refractivity contribution < 1.29 is 105 Å². The van der Waals surface area contributed by atoms with Crippen LogP contribution in [0.25, 0.3) is 0 Å². The number of carbonyl (C=O) groups excluding carboxylic acids is 10. The van der Waals surface area contributed by atoms with E-state index in [0.717, 1.165) is 45.1 Å². The Morgan fingerprint density at radius 3 is 1.21 bits per heavy atom. The van der Waals surface area contributed by atoms with Crippen molar-refractivity contribution in [3.8, 4) is 0 Å². The average Bonchev–Trinajstić information content (AvgIpc) is 1.48. The van der Waals surface area contributed by atoms with Crippen LogP contribution in [-0.4, -0.2) is 313 Å². The molecule has 0 spiro atoms. The van der Waals surface area contributed by atoms with Gasteiger partial charge in [-0.2, -0.15) is 0 Å². The highest BCUT2D eigenvalue weighted by Gasteiger charge is 2.43. The first-order valence-corrected chi connectivity index (χ1v) is 40.8. The van der Waals surface area contributed by atoms with Crippen molar-refractivity contribution in [2.75, 3.05) is 186 Å². The summed E-state index contributed by atoms with van der Waals surface area (Å²) in [6.07, 6.45) is 6.98. The van der Waals surface area contributed by atoms with Crippen LogP contribution in [0.2, 0.25) is 0 Å². The number of likely N-dealkylation sites (N-methyl/N-ethyl adjacent to an activating group) is 1. The van der Waals surface area contributed by atoms with Gasteiger partial charge in [0.1, 0.15) is 53.6 Å². The van der Waals surface area contributed by atoms with Crippen LogP contribution in [0.5, 0.6) is 0 Å². The van der Waals surface area contributed by atoms with Crippen LogP contribution in [-0.2, 0) is 100.0 Å². The number of likely N-dealkylation sites (tertiary alicyclic amines) is 1. The standard InChI is InChI=1S/C79H149N11O22/c1-18-20-21-22-23-24-26-66(90(58-91)68-27-25-30-89(68)76(100)112-53-52-111-51-50-110-49-48-109-47-46-108-45-44-107-43-42-106-41-40-105-39-38-104-37-36-103-35-34-102-33-32-101-31-19-2)72(96)83-65(56-61(7)8)71(95)85-78(12,13)74(98)84-63(54-59(3)4)69(93)82-64(55-60(5)6)70(94)86-79(14,15)75(99)87-77(10,11)73(97)80-29-28-67(92)81-62(9)57-88(16)17/h58-66,68H,18-57H2,1-17H3,(H,80,97)(H,81,92)(H,82,93)(H,83,96)(H,84,98)(H,85,95)(H,86,94)(H,87,99)/t62-,63-,64-,65-,66-,68+/m0/s1. The molecule has 0 aromatic heterocycles. The predicted octanol–water partition coefficient (Wildman–Crippen LogP) is 4.56. The molecule has 33 heteroatoms. The Labute approximate surface area is 669 Å². The van der Waals surface area contributed by atoms with E-state index < -0.39 is 94.4 Å². The van der Waals surface area contributed by atoms with E-state index in [1.807, 2.05) is 67.5 Å². The fourth-order valence-electron chi connectivity index (χ4n) is 11.7. The van der Waals surface area contributed by atoms with Crippen LogP contribution in [0.1, 0.15) is 194 Å². The molecule has 112 heavy (non-hydrogen) atoms. The smallest absolute Gasteiger partial charge is 0.411 e. The highest BCUT2D eigenvalue weighted by molar-refractivity contribution is 5.99. The molecular weight excluding hydrogens is 1450 g/mol. The lowest BCUT2D eigenvalue weighted by Gasteiger charge is -2.37. The van der Waals surface area contributed by atoms with Gasteiger partial charge in [0.15, 0.2) is 0 Å². The Balaban J connectivity index is 2.80. The molecule has 1 rings (SSSR count). The van der Waals surface area contributed by atoms with Crippen molar-refractivity contribution >= 4 is 59.8 Å². The van der Waals surface area contributed by atoms with Crippen molar-refractivity contribution in [3.63, 3.8) is 0 Å². The molecule has 1 aliphatic heterocycles. The van der Waals surface area contributed by atoms with Crippen LogP contribution in [0.15, 0.2) is 0 Å². The summed E-state index contributed by atoms with van der Waals surface area (Å²) in [6.45, 7) is 36.5. The van der Waals surface area contributed by atoms with Gasteiger partial charge < -0.3 is 109 Å². The lowest BCUT2D eigenvalue weighted by atomic mass is 9.96. The highest BCUT2D eigenvalue weighted by atomic mass is 16.6. The molecular formula is C79H149N11O22. The fourth-order valence-corrected chi connectivity index (χ4v) is 11.7. The van der Waals surface area contributed by atoms with E-state index in [0.29, 0.717) is 151 Å². The first kappa shape index (κ1) is 104. The second-order valence-corrected chi connectivity index (χ2v) is 31.4. The van der Waals surface area contributed by atoms with Crippen molar-refractivity contribution in [3.05, 3.63) is 0 Å². The molecule has 1 saturated heterocycles. The van der Waals surface area contributed by atoms with Crippen molar-refractivity contribution in [1.29, 1.82) is 0 Å². The molecule has 1 heterocycles. The van der Waals surface area contributed by atoms with Gasteiger partial charge in [-0.25, -0.2) is 4.79 Å². The summed E-state index contributed by atoms with van der Waals surface area (Å²) in [6, 6.07) is -4.78. The van der Waals surface area contributed by atoms with E-state index in [1.165, 1.54) is 51.3 Å². The van der Waals surface area contributed by atoms with E-state index in [-0.39, 0.29) is 101 Å². The minimum Gasteiger partial charge on any atom is -0.447 e. The van der Waals surface area contributed by atoms with Gasteiger partial charge in [0, 0.05) is 38.7 Å². The van der Waals surface area contributed by atoms with Crippen LogP contribution in [0, 0.1) is 17.8 Å². The number of ether oxygens (including phenoxy) is 12. The molecule has 0 bridgehead atoms. The van der Waals surface area contributed by atoms with Crippen LogP contribution >= 0.6 is 0 Å². The maximum absolute atomic E-state index is 14.8. The van der Waals surface area contributed by atoms with E-state index in [2.05, 4.69) is 56.4 Å². The van der Waals surface area contributed by atoms with E-state index in [9.17, 15) is 47.9 Å². The molecule has 0 unspecified atom stereocenters. The molecule has 1 aliphatic rings. The SMILES string of the molecule is CCCCCCCC[C@@H](C(=O)N[C@@H](CC(C)C)C(=O)NC(C)(C)C(=O)N[C@@H](CC(C)C)C(=O)N[C@@H](CC(C)C)C(=O)NC(C)(C)C(=O)NC(C)(C)C(=O)NCCC(=O)N[C@@H](C)CN(C)C)N(C=O)[C@@H]1CCCN1C(=O)OCCOCCOCCOCCOCCOCCOCCOCCOCCOCCOCCOCCC. The Bertz CT molecular complexity index is 2610. The molecule has 0 aliphatic carbocycles. The Hall–Kier alpha value is -5.98. The molecule has 0 aromatic rings. The number of amides is 10. The summed E-state index contributed by atoms with van der Waals surface area (Å²) < 4.78 is 66.4. The summed E-state index contributed by atoms with van der Waals surface area (Å²) in [5.41, 5.74) is -4.75. The molecule has 6 atom stereocenters. The Morgan fingerprint density at radius 1 is 0.438 bits per heavy atom. The largest absolute Gasteiger partial charge is 0.447 e. The second-order valence-electron chi connectivity index (χ2n) is 31.4. The summed E-state index contributed by atoms with van der Waals surface area (Å²) in [7, 11) is 3.79. The number of nitrogens with zero attached hydrogens (tertiary/aromatic N) is 3. The quantitative estimate of drug-likeness (QED) is 0.0305. The molecule has 1 fully saturated rings. The van der Waals surface area contributed by atoms with Crippen LogP contribution in [0.4, 0.5) is 4.79 Å². The zero-order valence-electron chi connectivity index (χ0n) is 71.4. The zero-order chi connectivity index (χ0) is 83.8. The van der Waals surface area contributed by atoms with Crippen LogP contribution < -0.4 is 42.5 Å². The zero-order valence-corrected chi connectivity index (χ0v) is 71.4. The molecule has 8 N–H and O–H groups in total. The van der Waals surface area contributed by atoms with Crippen molar-refractivity contribution in [1.82, 2.24) is 57.2 Å². The lowest BCUT2D eigenvalue weighted by molar-refractivity contribution is -0.141. The monoisotopic (exact) mass is 1600 g/mol. The van der Waals surface area contributed by atoms with Gasteiger partial charge in [-0.15, -0.1) is 0 Å². The number of unbranched alkanes of at least 4 members (excludes halogenated alkanes) is 5. The topological polar surface area (TPSA) is 387 Å². The molecule has 0 aromatic carbocycles. The third-order valence-corrected chi connectivity index (χ3v) is 17.6. The molecule has 0 radical (unpaired) electrons. The maximum Gasteiger partial charge on any atom is 0.411 e. The summed E-state index contributed by atoms with van der Waals surface area (Å²) >= 11 is 0. The van der Waals surface area contributed by atoms with Gasteiger partial charge in [-0.3, -0.25) is 48.1 Å². The number of nitrogens with one attached hydrogen (secondary N) is 8. The first-order valence-electron chi connectivity index (χ1n) is 40.8. The lowest BCUT2D eigenvalue weighted by Crippen LogP contribution is -2.65. The van der Waals surface area contributed by atoms with Gasteiger partial charge in [-0.05, 0) is 125 Å². The molecule has 10 amide bonds. The number of carbonyl (C=O) groups is 10. The van der Waals surface area contributed by atoms with Gasteiger partial charge in [-0.1, -0.05) is 93.9 Å². The maximum atomic E-state index is 14.8. The fraction of sp³-hybridized carbons (Fsp3) is 0.873. The number of rotatable bonds is 70. The van der Waals surface area contributed by atoms with Crippen molar-refractivity contribution in [2.45, 2.75) is 247 Å². The second kappa shape index (κ2) is 61.4. The third kappa shape index (κ3) is 49.1. The van der Waals surface area contributed by atoms with Gasteiger partial charge in [0.2, 0.25) is 53.7 Å². The van der Waals surface area contributed by atoms with Crippen LogP contribution in [0.3, 0.4) is 0 Å². The van der Waals surface area contributed by atoms with E-state index >= 15 is 0 Å². The van der Waals surface area contributed by atoms with Gasteiger partial charge >= 0.3 is 6.09 Å². The number of hydrogen-bond donors (Lipinski definition) is 8. The summed E-state index contributed by atoms with van der Waals surface area (Å²) in [4.78, 5) is 144. The minimum absolute atomic E-state index is 0.0171. The molecule has 652 valence electrons. The van der Waals surface area contributed by atoms with E-state index in [4.69, 9.17) is 56.8 Å². The average molecular weight is 1610 g/mol. The molecule has 33 nitrogen and oxygen atoms in total. The minimum atomic E-state index is -1.68. The summed E-state index contributed by atoms with van der Waals surface area (Å²) in [5, 5.41) is 22.3. The highest BCUT2D eigenvalue weighted by Crippen LogP contribution is 2.26. The Kier molecular flexibility index (Phi) is 57.0. The summed E-state index contributed by atoms with van der Waals surface area (Å²) in [5.74, 6) is -5.36. The van der Waals surface area contributed by atoms with Gasteiger partial charge in [0.05, 0.1) is 139 Å². The number of hydrogen-bond acceptors (Lipinski definition) is 23. The van der Waals surface area contributed by atoms with Crippen molar-refractivity contribution in [2.24, 2.45) is 17.8 Å². The third-order valence-electron chi connectivity index (χ3n) is 17.6. The molecule has 0 saturated carbocycles.